The lowest BCUT2D eigenvalue weighted by Crippen LogP contribution is -1.96. The number of aryl methyl sites for hydroxylation is 2. The number of rotatable bonds is 4. The van der Waals surface area contributed by atoms with E-state index in [-0.39, 0.29) is 5.56 Å². The molecule has 0 fully saturated rings. The lowest BCUT2D eigenvalue weighted by Gasteiger charge is -2.06. The number of carbonyl (C=O) groups is 1. The second-order valence-corrected chi connectivity index (χ2v) is 7.47. The van der Waals surface area contributed by atoms with Crippen molar-refractivity contribution < 1.29 is 14.6 Å². The molecule has 7 heteroatoms. The zero-order valence-corrected chi connectivity index (χ0v) is 15.9. The predicted molar refractivity (Wildman–Crippen MR) is 105 cm³/mol. The van der Waals surface area contributed by atoms with Crippen LogP contribution in [0.4, 0.5) is 0 Å². The molecule has 27 heavy (non-hydrogen) atoms. The minimum atomic E-state index is -0.938. The molecular formula is C20H17N3O3S. The Bertz CT molecular complexity index is 1200. The van der Waals surface area contributed by atoms with E-state index < -0.39 is 5.97 Å². The summed E-state index contributed by atoms with van der Waals surface area (Å²) in [7, 11) is 1.63. The van der Waals surface area contributed by atoms with Crippen molar-refractivity contribution in [1.82, 2.24) is 15.0 Å². The Morgan fingerprint density at radius 2 is 1.96 bits per heavy atom. The molecule has 0 unspecified atom stereocenters. The SMILES string of the molecule is COCc1cnc2c(-c3nc4c(C)cc(C(=O)O)cc4s3)cc(C)cc2n1. The van der Waals surface area contributed by atoms with Gasteiger partial charge in [-0.15, -0.1) is 11.3 Å². The van der Waals surface area contributed by atoms with Crippen LogP contribution >= 0.6 is 11.3 Å². The number of thiazole rings is 1. The number of methoxy groups -OCH3 is 1. The molecule has 0 aliphatic rings. The monoisotopic (exact) mass is 379 g/mol. The predicted octanol–water partition coefficient (Wildman–Crippen LogP) is 4.37. The molecule has 2 aromatic carbocycles. The number of hydrogen-bond donors (Lipinski definition) is 1. The van der Waals surface area contributed by atoms with Crippen molar-refractivity contribution in [3.63, 3.8) is 0 Å². The first-order valence-electron chi connectivity index (χ1n) is 8.36. The zero-order valence-electron chi connectivity index (χ0n) is 15.1. The largest absolute Gasteiger partial charge is 0.478 e. The number of fused-ring (bicyclic) bond motifs is 2. The van der Waals surface area contributed by atoms with Gasteiger partial charge in [-0.1, -0.05) is 0 Å². The summed E-state index contributed by atoms with van der Waals surface area (Å²) in [6.45, 7) is 4.29. The Labute approximate surface area is 159 Å². The molecule has 0 saturated carbocycles. The number of aromatic carboxylic acids is 1. The zero-order chi connectivity index (χ0) is 19.1. The summed E-state index contributed by atoms with van der Waals surface area (Å²) in [5.41, 5.74) is 6.23. The standard InChI is InChI=1S/C20H17N3O3S/c1-10-4-14(18-15(5-10)22-13(8-21-18)9-26-3)19-23-17-11(2)6-12(20(24)25)7-16(17)27-19/h4-8H,9H2,1-3H3,(H,24,25). The van der Waals surface area contributed by atoms with Crippen molar-refractivity contribution in [2.45, 2.75) is 20.5 Å². The molecule has 0 radical (unpaired) electrons. The summed E-state index contributed by atoms with van der Waals surface area (Å²) in [5.74, 6) is -0.938. The summed E-state index contributed by atoms with van der Waals surface area (Å²) in [4.78, 5) is 25.3. The minimum Gasteiger partial charge on any atom is -0.478 e. The molecule has 0 bridgehead atoms. The highest BCUT2D eigenvalue weighted by Gasteiger charge is 2.16. The Morgan fingerprint density at radius 1 is 1.15 bits per heavy atom. The fourth-order valence-corrected chi connectivity index (χ4v) is 4.22. The Hall–Kier alpha value is -2.90. The van der Waals surface area contributed by atoms with Crippen LogP contribution in [0.5, 0.6) is 0 Å². The van der Waals surface area contributed by atoms with Crippen LogP contribution in [-0.2, 0) is 11.3 Å². The maximum absolute atomic E-state index is 11.3. The maximum atomic E-state index is 11.3. The second-order valence-electron chi connectivity index (χ2n) is 6.44. The average molecular weight is 379 g/mol. The van der Waals surface area contributed by atoms with Crippen LogP contribution in [0.25, 0.3) is 31.8 Å². The number of benzene rings is 2. The first-order valence-corrected chi connectivity index (χ1v) is 9.18. The van der Waals surface area contributed by atoms with Crippen LogP contribution in [0.1, 0.15) is 27.2 Å². The van der Waals surface area contributed by atoms with Gasteiger partial charge < -0.3 is 9.84 Å². The van der Waals surface area contributed by atoms with Gasteiger partial charge in [-0.05, 0) is 49.2 Å². The van der Waals surface area contributed by atoms with Crippen molar-refractivity contribution in [1.29, 1.82) is 0 Å². The van der Waals surface area contributed by atoms with E-state index in [1.165, 1.54) is 11.3 Å². The van der Waals surface area contributed by atoms with E-state index in [4.69, 9.17) is 9.72 Å². The number of hydrogen-bond acceptors (Lipinski definition) is 6. The summed E-state index contributed by atoms with van der Waals surface area (Å²) in [5, 5.41) is 10.1. The molecule has 4 aromatic rings. The van der Waals surface area contributed by atoms with E-state index in [9.17, 15) is 9.90 Å². The molecular weight excluding hydrogens is 362 g/mol. The molecule has 0 atom stereocenters. The number of nitrogens with zero attached hydrogens (tertiary/aromatic N) is 3. The van der Waals surface area contributed by atoms with E-state index >= 15 is 0 Å². The van der Waals surface area contributed by atoms with Crippen molar-refractivity contribution in [3.05, 3.63) is 52.8 Å². The van der Waals surface area contributed by atoms with Crippen molar-refractivity contribution in [2.24, 2.45) is 0 Å². The lowest BCUT2D eigenvalue weighted by atomic mass is 10.1. The normalized spacial score (nSPS) is 11.4. The van der Waals surface area contributed by atoms with Gasteiger partial charge in [0.25, 0.3) is 0 Å². The van der Waals surface area contributed by atoms with Crippen molar-refractivity contribution in [3.8, 4) is 10.6 Å². The van der Waals surface area contributed by atoms with Gasteiger partial charge in [0.05, 0.1) is 45.3 Å². The summed E-state index contributed by atoms with van der Waals surface area (Å²) < 4.78 is 5.99. The van der Waals surface area contributed by atoms with Gasteiger partial charge in [-0.3, -0.25) is 4.98 Å². The fourth-order valence-electron chi connectivity index (χ4n) is 3.12. The van der Waals surface area contributed by atoms with Crippen LogP contribution in [0.2, 0.25) is 0 Å². The van der Waals surface area contributed by atoms with E-state index in [2.05, 4.69) is 9.97 Å². The van der Waals surface area contributed by atoms with Crippen LogP contribution in [0.15, 0.2) is 30.5 Å². The molecule has 2 aromatic heterocycles. The topological polar surface area (TPSA) is 85.2 Å². The molecule has 0 spiro atoms. The number of carboxylic acids is 1. The van der Waals surface area contributed by atoms with Gasteiger partial charge in [-0.25, -0.2) is 14.8 Å². The summed E-state index contributed by atoms with van der Waals surface area (Å²) in [6, 6.07) is 7.36. The Morgan fingerprint density at radius 3 is 2.70 bits per heavy atom. The lowest BCUT2D eigenvalue weighted by molar-refractivity contribution is 0.0697. The van der Waals surface area contributed by atoms with Gasteiger partial charge in [0.15, 0.2) is 0 Å². The van der Waals surface area contributed by atoms with Crippen LogP contribution in [0.3, 0.4) is 0 Å². The minimum absolute atomic E-state index is 0.272. The van der Waals surface area contributed by atoms with Gasteiger partial charge in [-0.2, -0.15) is 0 Å². The van der Waals surface area contributed by atoms with Gasteiger partial charge >= 0.3 is 5.97 Å². The quantitative estimate of drug-likeness (QED) is 0.567. The molecule has 136 valence electrons. The molecule has 0 saturated heterocycles. The van der Waals surface area contributed by atoms with E-state index in [0.717, 1.165) is 48.6 Å². The third kappa shape index (κ3) is 3.15. The fraction of sp³-hybridized carbons (Fsp3) is 0.200. The Balaban J connectivity index is 1.93. The maximum Gasteiger partial charge on any atom is 0.335 e. The van der Waals surface area contributed by atoms with E-state index in [1.54, 1.807) is 25.4 Å². The average Bonchev–Trinajstić information content (AvgIpc) is 3.05. The molecule has 2 heterocycles. The van der Waals surface area contributed by atoms with E-state index in [1.807, 2.05) is 26.0 Å². The van der Waals surface area contributed by atoms with Crippen LogP contribution < -0.4 is 0 Å². The summed E-state index contributed by atoms with van der Waals surface area (Å²) >= 11 is 1.47. The summed E-state index contributed by atoms with van der Waals surface area (Å²) in [6.07, 6.45) is 1.71. The first-order chi connectivity index (χ1) is 13.0. The van der Waals surface area contributed by atoms with E-state index in [0.29, 0.717) is 6.61 Å². The Kier molecular flexibility index (Phi) is 4.33. The molecule has 1 N–H and O–H groups in total. The highest BCUT2D eigenvalue weighted by Crippen LogP contribution is 2.36. The van der Waals surface area contributed by atoms with Gasteiger partial charge in [0.1, 0.15) is 5.01 Å². The molecule has 0 aliphatic carbocycles. The molecule has 0 aliphatic heterocycles. The third-order valence-electron chi connectivity index (χ3n) is 4.30. The van der Waals surface area contributed by atoms with Crippen LogP contribution in [0, 0.1) is 13.8 Å². The highest BCUT2D eigenvalue weighted by atomic mass is 32.1. The highest BCUT2D eigenvalue weighted by molar-refractivity contribution is 7.21. The van der Waals surface area contributed by atoms with Crippen LogP contribution in [-0.4, -0.2) is 33.1 Å². The smallest absolute Gasteiger partial charge is 0.335 e. The second kappa shape index (κ2) is 6.68. The van der Waals surface area contributed by atoms with Crippen molar-refractivity contribution >= 4 is 38.6 Å². The first kappa shape index (κ1) is 17.5. The number of ether oxygens (including phenoxy) is 1. The number of aromatic nitrogens is 3. The molecule has 0 amide bonds. The van der Waals surface area contributed by atoms with Gasteiger partial charge in [0.2, 0.25) is 0 Å². The van der Waals surface area contributed by atoms with Crippen molar-refractivity contribution in [2.75, 3.05) is 7.11 Å². The molecule has 4 rings (SSSR count). The number of carboxylic acid groups (broad SMARTS) is 1. The third-order valence-corrected chi connectivity index (χ3v) is 5.33. The molecule has 6 nitrogen and oxygen atoms in total. The van der Waals surface area contributed by atoms with Gasteiger partial charge in [0, 0.05) is 12.7 Å².